The first-order valence-corrected chi connectivity index (χ1v) is 14.2. The molecule has 0 spiro atoms. The summed E-state index contributed by atoms with van der Waals surface area (Å²) in [6.07, 6.45) is 0.573. The van der Waals surface area contributed by atoms with E-state index < -0.39 is 29.8 Å². The minimum atomic E-state index is -1.31. The lowest BCUT2D eigenvalue weighted by atomic mass is 9.99. The molecule has 0 atom stereocenters. The molecule has 4 rings (SSSR count). The van der Waals surface area contributed by atoms with Gasteiger partial charge in [0.15, 0.2) is 0 Å². The van der Waals surface area contributed by atoms with Crippen LogP contribution >= 0.6 is 0 Å². The molecule has 0 radical (unpaired) electrons. The van der Waals surface area contributed by atoms with Crippen molar-refractivity contribution in [2.75, 3.05) is 25.0 Å². The molecular formula is C35H32N2O10. The van der Waals surface area contributed by atoms with Crippen LogP contribution in [-0.2, 0) is 27.3 Å². The second-order valence-electron chi connectivity index (χ2n) is 10.5. The van der Waals surface area contributed by atoms with Gasteiger partial charge in [0.05, 0.1) is 47.7 Å². The number of carbonyl (C=O) groups excluding carboxylic acids is 3. The van der Waals surface area contributed by atoms with Crippen LogP contribution in [0.5, 0.6) is 0 Å². The highest BCUT2D eigenvalue weighted by molar-refractivity contribution is 6.12. The molecule has 4 aromatic rings. The van der Waals surface area contributed by atoms with E-state index in [1.54, 1.807) is 6.07 Å². The zero-order valence-corrected chi connectivity index (χ0v) is 26.0. The van der Waals surface area contributed by atoms with Crippen molar-refractivity contribution in [2.45, 2.75) is 26.9 Å². The number of carboxylic acid groups (broad SMARTS) is 2. The highest BCUT2D eigenvalue weighted by Gasteiger charge is 2.20. The molecule has 4 N–H and O–H groups in total. The molecule has 0 saturated heterocycles. The van der Waals surface area contributed by atoms with Gasteiger partial charge >= 0.3 is 23.9 Å². The SMILES string of the molecule is COC(=O)c1ccc(C(=O)O)c(CONc2ccc(Cc3ccc(NC(=O)c4cc(C(=O)OC)ccc4C(=O)O)c(C)c3)cc2C)c1. The van der Waals surface area contributed by atoms with Crippen molar-refractivity contribution in [3.05, 3.63) is 128 Å². The van der Waals surface area contributed by atoms with Gasteiger partial charge in [-0.3, -0.25) is 15.1 Å². The van der Waals surface area contributed by atoms with Gasteiger partial charge in [-0.2, -0.15) is 0 Å². The van der Waals surface area contributed by atoms with Crippen molar-refractivity contribution in [3.8, 4) is 0 Å². The molecular weight excluding hydrogens is 608 g/mol. The number of hydrogen-bond acceptors (Lipinski definition) is 9. The van der Waals surface area contributed by atoms with E-state index in [2.05, 4.69) is 15.5 Å². The van der Waals surface area contributed by atoms with Gasteiger partial charge in [0.2, 0.25) is 0 Å². The average Bonchev–Trinajstić information content (AvgIpc) is 3.05. The van der Waals surface area contributed by atoms with Gasteiger partial charge in [0.25, 0.3) is 5.91 Å². The number of carbonyl (C=O) groups is 5. The van der Waals surface area contributed by atoms with Gasteiger partial charge in [0.1, 0.15) is 6.61 Å². The van der Waals surface area contributed by atoms with Crippen LogP contribution in [-0.4, -0.2) is 54.2 Å². The van der Waals surface area contributed by atoms with Gasteiger partial charge < -0.3 is 25.0 Å². The second kappa shape index (κ2) is 14.8. The number of aromatic carboxylic acids is 2. The van der Waals surface area contributed by atoms with Gasteiger partial charge in [-0.15, -0.1) is 0 Å². The number of carboxylic acids is 2. The Kier molecular flexibility index (Phi) is 10.7. The zero-order chi connectivity index (χ0) is 34.2. The largest absolute Gasteiger partial charge is 0.478 e. The molecule has 242 valence electrons. The van der Waals surface area contributed by atoms with Crippen LogP contribution in [0.1, 0.15) is 79.6 Å². The summed E-state index contributed by atoms with van der Waals surface area (Å²) >= 11 is 0. The highest BCUT2D eigenvalue weighted by Crippen LogP contribution is 2.24. The Morgan fingerprint density at radius 2 is 1.17 bits per heavy atom. The van der Waals surface area contributed by atoms with Gasteiger partial charge in [-0.05, 0) is 96.6 Å². The number of benzene rings is 4. The standard InChI is InChI=1S/C35H32N2O10/c1-19-13-21(5-11-29(19)36-31(38)28-17-24(35(44)46-4)8-10-27(28)33(41)42)15-22-6-12-30(20(2)14-22)37-47-18-25-16-23(34(43)45-3)7-9-26(25)32(39)40/h5-14,16-17,37H,15,18H2,1-4H3,(H,36,38)(H,39,40)(H,41,42). The molecule has 0 aliphatic rings. The van der Waals surface area contributed by atoms with E-state index in [1.165, 1.54) is 50.6 Å². The summed E-state index contributed by atoms with van der Waals surface area (Å²) in [6.45, 7) is 3.58. The number of aryl methyl sites for hydroxylation is 2. The minimum Gasteiger partial charge on any atom is -0.478 e. The average molecular weight is 641 g/mol. The number of rotatable bonds is 12. The number of ether oxygens (including phenoxy) is 2. The first-order chi connectivity index (χ1) is 22.4. The van der Waals surface area contributed by atoms with Crippen molar-refractivity contribution >= 4 is 41.2 Å². The molecule has 0 saturated carbocycles. The number of nitrogens with one attached hydrogen (secondary N) is 2. The minimum absolute atomic E-state index is 0.00480. The monoisotopic (exact) mass is 640 g/mol. The molecule has 0 aromatic heterocycles. The van der Waals surface area contributed by atoms with Crippen LogP contribution in [0.15, 0.2) is 72.8 Å². The Hall–Kier alpha value is -6.01. The van der Waals surface area contributed by atoms with Crippen LogP contribution in [0.3, 0.4) is 0 Å². The lowest BCUT2D eigenvalue weighted by molar-refractivity contribution is 0.0591. The molecule has 0 bridgehead atoms. The van der Waals surface area contributed by atoms with E-state index in [9.17, 15) is 34.2 Å². The van der Waals surface area contributed by atoms with E-state index in [1.807, 2.05) is 44.2 Å². The fraction of sp³-hybridized carbons (Fsp3) is 0.171. The molecule has 0 unspecified atom stereocenters. The first kappa shape index (κ1) is 33.9. The maximum atomic E-state index is 13.1. The summed E-state index contributed by atoms with van der Waals surface area (Å²) in [5.41, 5.74) is 7.71. The maximum absolute atomic E-state index is 13.1. The summed E-state index contributed by atoms with van der Waals surface area (Å²) in [7, 11) is 2.43. The fourth-order valence-corrected chi connectivity index (χ4v) is 4.87. The van der Waals surface area contributed by atoms with Crippen molar-refractivity contribution in [2.24, 2.45) is 0 Å². The van der Waals surface area contributed by atoms with Crippen LogP contribution in [0.4, 0.5) is 11.4 Å². The summed E-state index contributed by atoms with van der Waals surface area (Å²) in [5, 5.41) is 21.8. The number of anilines is 2. The van der Waals surface area contributed by atoms with Crippen LogP contribution in [0.2, 0.25) is 0 Å². The third-order valence-corrected chi connectivity index (χ3v) is 7.32. The number of amides is 1. The normalized spacial score (nSPS) is 10.6. The summed E-state index contributed by atoms with van der Waals surface area (Å²) in [6, 6.07) is 19.0. The van der Waals surface area contributed by atoms with Gasteiger partial charge in [-0.1, -0.05) is 24.3 Å². The molecule has 0 aliphatic carbocycles. The molecule has 1 amide bonds. The van der Waals surface area contributed by atoms with Crippen molar-refractivity contribution in [1.29, 1.82) is 0 Å². The number of esters is 2. The van der Waals surface area contributed by atoms with Crippen LogP contribution in [0.25, 0.3) is 0 Å². The molecule has 0 heterocycles. The topological polar surface area (TPSA) is 178 Å². The van der Waals surface area contributed by atoms with E-state index >= 15 is 0 Å². The predicted molar refractivity (Wildman–Crippen MR) is 171 cm³/mol. The van der Waals surface area contributed by atoms with Gasteiger partial charge in [0, 0.05) is 5.69 Å². The van der Waals surface area contributed by atoms with Crippen molar-refractivity contribution in [3.63, 3.8) is 0 Å². The first-order valence-electron chi connectivity index (χ1n) is 14.2. The Morgan fingerprint density at radius 3 is 1.70 bits per heavy atom. The summed E-state index contributed by atoms with van der Waals surface area (Å²) in [5.74, 6) is -4.42. The Labute approximate surface area is 269 Å². The molecule has 0 aliphatic heterocycles. The maximum Gasteiger partial charge on any atom is 0.337 e. The Balaban J connectivity index is 1.42. The molecule has 47 heavy (non-hydrogen) atoms. The van der Waals surface area contributed by atoms with Crippen LogP contribution in [0, 0.1) is 13.8 Å². The van der Waals surface area contributed by atoms with E-state index in [0.29, 0.717) is 23.4 Å². The fourth-order valence-electron chi connectivity index (χ4n) is 4.87. The number of methoxy groups -OCH3 is 2. The quantitative estimate of drug-likeness (QED) is 0.111. The zero-order valence-electron chi connectivity index (χ0n) is 26.0. The molecule has 12 nitrogen and oxygen atoms in total. The lowest BCUT2D eigenvalue weighted by Gasteiger charge is -2.14. The number of hydrogen-bond donors (Lipinski definition) is 4. The highest BCUT2D eigenvalue weighted by atomic mass is 16.6. The molecule has 12 heteroatoms. The third-order valence-electron chi connectivity index (χ3n) is 7.32. The van der Waals surface area contributed by atoms with Crippen LogP contribution < -0.4 is 10.8 Å². The third kappa shape index (κ3) is 8.18. The lowest BCUT2D eigenvalue weighted by Crippen LogP contribution is -2.18. The molecule has 0 fully saturated rings. The smallest absolute Gasteiger partial charge is 0.337 e. The van der Waals surface area contributed by atoms with E-state index in [0.717, 1.165) is 22.3 Å². The Morgan fingerprint density at radius 1 is 0.638 bits per heavy atom. The van der Waals surface area contributed by atoms with Gasteiger partial charge in [-0.25, -0.2) is 19.2 Å². The summed E-state index contributed by atoms with van der Waals surface area (Å²) < 4.78 is 9.40. The van der Waals surface area contributed by atoms with E-state index in [-0.39, 0.29) is 34.4 Å². The summed E-state index contributed by atoms with van der Waals surface area (Å²) in [4.78, 5) is 65.8. The molecule has 4 aromatic carbocycles. The second-order valence-corrected chi connectivity index (χ2v) is 10.5. The van der Waals surface area contributed by atoms with Crippen molar-refractivity contribution in [1.82, 2.24) is 0 Å². The predicted octanol–water partition coefficient (Wildman–Crippen LogP) is 5.66. The Bertz CT molecular complexity index is 1880. The van der Waals surface area contributed by atoms with E-state index in [4.69, 9.17) is 9.57 Å². The van der Waals surface area contributed by atoms with Crippen molar-refractivity contribution < 1.29 is 48.5 Å².